The summed E-state index contributed by atoms with van der Waals surface area (Å²) in [6.07, 6.45) is 4.81. The lowest BCUT2D eigenvalue weighted by Crippen LogP contribution is -2.42. The van der Waals surface area contributed by atoms with Crippen molar-refractivity contribution in [1.29, 1.82) is 0 Å². The van der Waals surface area contributed by atoms with Gasteiger partial charge in [0.25, 0.3) is 11.8 Å². The number of ether oxygens (including phenoxy) is 2. The summed E-state index contributed by atoms with van der Waals surface area (Å²) >= 11 is 0. The highest BCUT2D eigenvalue weighted by molar-refractivity contribution is 5.89. The van der Waals surface area contributed by atoms with Gasteiger partial charge in [-0.1, -0.05) is 66.7 Å². The number of amides is 4. The van der Waals surface area contributed by atoms with Crippen LogP contribution in [0.25, 0.3) is 44.8 Å². The van der Waals surface area contributed by atoms with Crippen molar-refractivity contribution in [3.8, 4) is 33.8 Å². The lowest BCUT2D eigenvalue weighted by Gasteiger charge is -2.28. The monoisotopic (exact) mass is 864 g/mol. The number of hydrogen-bond acceptors (Lipinski definition) is 9. The van der Waals surface area contributed by atoms with Crippen LogP contribution in [0.3, 0.4) is 0 Å². The van der Waals surface area contributed by atoms with Crippen molar-refractivity contribution in [1.82, 2.24) is 40.4 Å². The van der Waals surface area contributed by atoms with E-state index in [0.29, 0.717) is 71.3 Å². The van der Waals surface area contributed by atoms with Gasteiger partial charge in [0, 0.05) is 29.6 Å². The van der Waals surface area contributed by atoms with Gasteiger partial charge in [-0.25, -0.2) is 23.9 Å². The van der Waals surface area contributed by atoms with Gasteiger partial charge in [0.05, 0.1) is 55.6 Å². The number of rotatable bonds is 11. The molecule has 326 valence electrons. The van der Waals surface area contributed by atoms with E-state index < -0.39 is 30.1 Å². The average Bonchev–Trinajstić information content (AvgIpc) is 4.19. The summed E-state index contributed by atoms with van der Waals surface area (Å²) in [5, 5.41) is 6.13. The minimum atomic E-state index is -0.945. The number of likely N-dealkylation sites (tertiary alicyclic amines) is 2. The predicted octanol–water partition coefficient (Wildman–Crippen LogP) is 8.54. The van der Waals surface area contributed by atoms with E-state index in [1.54, 1.807) is 76.8 Å². The summed E-state index contributed by atoms with van der Waals surface area (Å²) in [6.45, 7) is 0.986. The number of imidazole rings is 2. The number of aromatic nitrogens is 4. The number of nitrogens with one attached hydrogen (secondary N) is 4. The van der Waals surface area contributed by atoms with Gasteiger partial charge in [-0.05, 0) is 73.2 Å². The molecule has 9 rings (SSSR count). The second-order valence-electron chi connectivity index (χ2n) is 15.8. The van der Waals surface area contributed by atoms with Gasteiger partial charge in [0.15, 0.2) is 0 Å². The number of furan rings is 1. The lowest BCUT2D eigenvalue weighted by molar-refractivity contribution is -0.135. The number of methoxy groups -OCH3 is 2. The van der Waals surface area contributed by atoms with Crippen LogP contribution in [0, 0.1) is 5.82 Å². The molecule has 15 nitrogen and oxygen atoms in total. The Bertz CT molecular complexity index is 2820. The SMILES string of the molecule is COC(=O)N[C@@H](C(=O)N1CCCC1c1ncc(-c2ccc3oc(-c4ccc(-c5cnc([C@@H]6CCCN6C(=O)[C@H](NC(=O)OC)c6ccccc6)[nH]5)cc4F)cc3c2)[nH]1)c1ccccc1. The fourth-order valence-electron chi connectivity index (χ4n) is 8.71. The molecule has 0 spiro atoms. The van der Waals surface area contributed by atoms with E-state index in [4.69, 9.17) is 13.9 Å². The zero-order chi connectivity index (χ0) is 44.3. The first-order chi connectivity index (χ1) is 31.2. The molecule has 2 fully saturated rings. The van der Waals surface area contributed by atoms with Gasteiger partial charge < -0.3 is 44.3 Å². The lowest BCUT2D eigenvalue weighted by atomic mass is 10.0. The maximum Gasteiger partial charge on any atom is 0.407 e. The van der Waals surface area contributed by atoms with Crippen LogP contribution in [-0.2, 0) is 19.1 Å². The number of nitrogens with zero attached hydrogens (tertiary/aromatic N) is 4. The Kier molecular flexibility index (Phi) is 11.6. The number of hydrogen-bond donors (Lipinski definition) is 4. The van der Waals surface area contributed by atoms with Crippen LogP contribution in [0.5, 0.6) is 0 Å². The molecule has 2 aliphatic heterocycles. The third-order valence-corrected chi connectivity index (χ3v) is 11.9. The van der Waals surface area contributed by atoms with Gasteiger partial charge in [-0.15, -0.1) is 0 Å². The molecule has 4 amide bonds. The number of aromatic amines is 2. The largest absolute Gasteiger partial charge is 0.456 e. The van der Waals surface area contributed by atoms with Gasteiger partial charge in [0.1, 0.15) is 40.9 Å². The number of carbonyl (C=O) groups is 4. The molecule has 4 N–H and O–H groups in total. The molecule has 5 heterocycles. The van der Waals surface area contributed by atoms with Crippen LogP contribution in [0.2, 0.25) is 0 Å². The summed E-state index contributed by atoms with van der Waals surface area (Å²) in [5.74, 6) is 0.515. The Hall–Kier alpha value is -7.75. The van der Waals surface area contributed by atoms with Crippen LogP contribution in [0.1, 0.15) is 72.6 Å². The first-order valence-electron chi connectivity index (χ1n) is 21.0. The second-order valence-corrected chi connectivity index (χ2v) is 15.8. The molecule has 4 aromatic carbocycles. The fourth-order valence-corrected chi connectivity index (χ4v) is 8.71. The molecule has 0 aliphatic carbocycles. The molecular weight excluding hydrogens is 820 g/mol. The van der Waals surface area contributed by atoms with Crippen LogP contribution >= 0.6 is 0 Å². The van der Waals surface area contributed by atoms with Crippen molar-refractivity contribution in [2.45, 2.75) is 49.9 Å². The zero-order valence-corrected chi connectivity index (χ0v) is 35.0. The zero-order valence-electron chi connectivity index (χ0n) is 35.0. The van der Waals surface area contributed by atoms with Crippen molar-refractivity contribution in [3.05, 3.63) is 144 Å². The minimum absolute atomic E-state index is 0.256. The maximum atomic E-state index is 16.0. The van der Waals surface area contributed by atoms with Crippen molar-refractivity contribution in [2.75, 3.05) is 27.3 Å². The quantitative estimate of drug-likeness (QED) is 0.0988. The highest BCUT2D eigenvalue weighted by Gasteiger charge is 2.38. The molecule has 16 heteroatoms. The highest BCUT2D eigenvalue weighted by atomic mass is 19.1. The molecule has 4 atom stereocenters. The van der Waals surface area contributed by atoms with Gasteiger partial charge in [0.2, 0.25) is 0 Å². The Balaban J connectivity index is 0.900. The molecule has 7 aromatic rings. The Morgan fingerprint density at radius 1 is 0.688 bits per heavy atom. The van der Waals surface area contributed by atoms with Gasteiger partial charge >= 0.3 is 12.2 Å². The topological polar surface area (TPSA) is 188 Å². The summed E-state index contributed by atoms with van der Waals surface area (Å²) in [7, 11) is 2.51. The molecule has 0 bridgehead atoms. The molecule has 3 aromatic heterocycles. The molecule has 2 saturated heterocycles. The molecule has 2 aliphatic rings. The van der Waals surface area contributed by atoms with Crippen molar-refractivity contribution in [3.63, 3.8) is 0 Å². The number of H-pyrrole nitrogens is 2. The Labute approximate surface area is 367 Å². The standard InChI is InChI=1S/C48H45FN8O7/c1-62-47(60)54-41(28-11-5-3-6-12-28)45(58)56-21-9-15-37(56)43-50-26-35(52-43)30-18-20-39-32(23-30)25-40(64-39)33-19-17-31(24-34(33)49)36-27-51-44(53-36)38-16-10-22-57(38)46(59)42(55-48(61)63-2)29-13-7-4-8-14-29/h3-8,11-14,17-20,23-27,37-38,41-42H,9-10,15-16,21-22H2,1-2H3,(H,50,52)(H,51,53)(H,54,60)(H,55,61)/t37?,38-,41+,42+/m0/s1. The van der Waals surface area contributed by atoms with Crippen LogP contribution < -0.4 is 10.6 Å². The van der Waals surface area contributed by atoms with E-state index in [1.807, 2.05) is 42.5 Å². The maximum absolute atomic E-state index is 16.0. The van der Waals surface area contributed by atoms with E-state index in [1.165, 1.54) is 20.3 Å². The smallest absolute Gasteiger partial charge is 0.407 e. The van der Waals surface area contributed by atoms with E-state index in [2.05, 4.69) is 30.6 Å². The van der Waals surface area contributed by atoms with Crippen molar-refractivity contribution < 1.29 is 37.5 Å². The van der Waals surface area contributed by atoms with Crippen molar-refractivity contribution in [2.24, 2.45) is 0 Å². The minimum Gasteiger partial charge on any atom is -0.456 e. The summed E-state index contributed by atoms with van der Waals surface area (Å²) < 4.78 is 31.7. The molecule has 64 heavy (non-hydrogen) atoms. The summed E-state index contributed by atoms with van der Waals surface area (Å²) in [4.78, 5) is 71.8. The van der Waals surface area contributed by atoms with E-state index in [9.17, 15) is 19.2 Å². The number of carbonyl (C=O) groups excluding carboxylic acids is 4. The number of alkyl carbamates (subject to hydrolysis) is 2. The van der Waals surface area contributed by atoms with E-state index in [-0.39, 0.29) is 29.5 Å². The number of benzene rings is 4. The van der Waals surface area contributed by atoms with Crippen LogP contribution in [0.4, 0.5) is 14.0 Å². The van der Waals surface area contributed by atoms with Gasteiger partial charge in [-0.2, -0.15) is 0 Å². The van der Waals surface area contributed by atoms with Crippen molar-refractivity contribution >= 4 is 35.0 Å². The van der Waals surface area contributed by atoms with E-state index in [0.717, 1.165) is 29.5 Å². The molecule has 0 saturated carbocycles. The highest BCUT2D eigenvalue weighted by Crippen LogP contribution is 2.38. The second kappa shape index (κ2) is 17.9. The van der Waals surface area contributed by atoms with Gasteiger partial charge in [-0.3, -0.25) is 9.59 Å². The fraction of sp³-hybridized carbons (Fsp3) is 0.250. The van der Waals surface area contributed by atoms with Crippen LogP contribution in [0.15, 0.2) is 120 Å². The summed E-state index contributed by atoms with van der Waals surface area (Å²) in [6, 6.07) is 27.8. The van der Waals surface area contributed by atoms with E-state index >= 15 is 4.39 Å². The molecule has 0 radical (unpaired) electrons. The number of halogens is 1. The number of fused-ring (bicyclic) bond motifs is 1. The third-order valence-electron chi connectivity index (χ3n) is 11.9. The van der Waals surface area contributed by atoms with Crippen LogP contribution in [-0.4, -0.2) is 81.0 Å². The first-order valence-corrected chi connectivity index (χ1v) is 21.0. The Morgan fingerprint density at radius 2 is 1.19 bits per heavy atom. The third kappa shape index (κ3) is 8.29. The first kappa shape index (κ1) is 41.6. The molecule has 1 unspecified atom stereocenters. The average molecular weight is 865 g/mol. The predicted molar refractivity (Wildman–Crippen MR) is 234 cm³/mol. The molecular formula is C48H45FN8O7. The summed E-state index contributed by atoms with van der Waals surface area (Å²) in [5.41, 5.74) is 4.84. The normalized spacial score (nSPS) is 17.0. The Morgan fingerprint density at radius 3 is 1.69 bits per heavy atom.